The monoisotopic (exact) mass is 185 g/mol. The molecule has 1 aromatic carbocycles. The molecule has 2 nitrogen and oxygen atoms in total. The Morgan fingerprint density at radius 3 is 2.00 bits per heavy atom. The van der Waals surface area contributed by atoms with Gasteiger partial charge in [0.15, 0.2) is 0 Å². The van der Waals surface area contributed by atoms with Crippen molar-refractivity contribution in [2.24, 2.45) is 5.73 Å². The Morgan fingerprint density at radius 1 is 1.42 bits per heavy atom. The molecule has 0 bridgehead atoms. The lowest BCUT2D eigenvalue weighted by molar-refractivity contribution is -0.117. The number of hydrogen-bond donors (Lipinski definition) is 1. The Labute approximate surface area is 77.3 Å². The molecule has 0 saturated heterocycles. The van der Waals surface area contributed by atoms with Crippen LogP contribution in [0.5, 0.6) is 0 Å². The van der Waals surface area contributed by atoms with Crippen LogP contribution in [-0.4, -0.2) is 5.91 Å². The van der Waals surface area contributed by atoms with Crippen LogP contribution in [0.15, 0.2) is 30.3 Å². The van der Waals surface area contributed by atoms with Crippen molar-refractivity contribution in [1.82, 2.24) is 0 Å². The van der Waals surface area contributed by atoms with Gasteiger partial charge in [0.05, 0.1) is 0 Å². The molecule has 0 fully saturated rings. The van der Waals surface area contributed by atoms with Gasteiger partial charge in [0, 0.05) is 11.4 Å². The van der Waals surface area contributed by atoms with E-state index >= 15 is 0 Å². The number of rotatable bonds is 1. The van der Waals surface area contributed by atoms with Gasteiger partial charge >= 0.3 is 0 Å². The van der Waals surface area contributed by atoms with Gasteiger partial charge in [-0.25, -0.2) is 0 Å². The normalized spacial score (nSPS) is 8.17. The Bertz CT molecular complexity index is 223. The molecule has 0 radical (unpaired) electrons. The number of carbonyl (C=O) groups excluding carboxylic acids is 1. The Hall–Kier alpha value is -1.02. The number of hydrogen-bond acceptors (Lipinski definition) is 1. The molecule has 0 aliphatic carbocycles. The molecule has 12 heavy (non-hydrogen) atoms. The van der Waals surface area contributed by atoms with E-state index in [2.05, 4.69) is 5.73 Å². The Morgan fingerprint density at radius 2 is 1.83 bits per heavy atom. The maximum atomic E-state index is 9.59. The molecule has 0 atom stereocenters. The molecule has 1 aromatic rings. The predicted octanol–water partition coefficient (Wildman–Crippen LogP) is 2.22. The fourth-order valence-electron chi connectivity index (χ4n) is 0.415. The molecule has 0 heterocycles. The van der Waals surface area contributed by atoms with Gasteiger partial charge in [0.25, 0.3) is 0 Å². The van der Waals surface area contributed by atoms with Crippen LogP contribution in [0.25, 0.3) is 0 Å². The van der Waals surface area contributed by atoms with Crippen LogP contribution < -0.4 is 5.73 Å². The van der Waals surface area contributed by atoms with Crippen molar-refractivity contribution in [1.29, 1.82) is 0 Å². The van der Waals surface area contributed by atoms with E-state index in [-0.39, 0.29) is 5.91 Å². The summed E-state index contributed by atoms with van der Waals surface area (Å²) in [4.78, 5) is 9.59. The summed E-state index contributed by atoms with van der Waals surface area (Å²) < 4.78 is 0. The van der Waals surface area contributed by atoms with Crippen LogP contribution in [0, 0.1) is 0 Å². The zero-order chi connectivity index (χ0) is 9.40. The van der Waals surface area contributed by atoms with E-state index in [4.69, 9.17) is 11.6 Å². The first kappa shape index (κ1) is 11.0. The van der Waals surface area contributed by atoms with Crippen molar-refractivity contribution >= 4 is 17.5 Å². The van der Waals surface area contributed by atoms with Crippen molar-refractivity contribution < 1.29 is 4.79 Å². The predicted molar refractivity (Wildman–Crippen MR) is 50.9 cm³/mol. The molecular weight excluding hydrogens is 174 g/mol. The Kier molecular flexibility index (Phi) is 6.11. The van der Waals surface area contributed by atoms with Crippen molar-refractivity contribution in [3.8, 4) is 0 Å². The first-order chi connectivity index (χ1) is 5.66. The number of carbonyl (C=O) groups is 1. The molecule has 0 aromatic heterocycles. The van der Waals surface area contributed by atoms with Crippen LogP contribution in [0.2, 0.25) is 5.02 Å². The first-order valence-electron chi connectivity index (χ1n) is 3.65. The summed E-state index contributed by atoms with van der Waals surface area (Å²) >= 11 is 5.54. The lowest BCUT2D eigenvalue weighted by Crippen LogP contribution is -2.06. The van der Waals surface area contributed by atoms with Gasteiger partial charge < -0.3 is 5.73 Å². The molecule has 0 aliphatic heterocycles. The molecule has 0 saturated carbocycles. The fourth-order valence-corrected chi connectivity index (χ4v) is 0.560. The van der Waals surface area contributed by atoms with E-state index in [9.17, 15) is 4.79 Å². The van der Waals surface area contributed by atoms with Crippen LogP contribution >= 0.6 is 11.6 Å². The highest BCUT2D eigenvalue weighted by Gasteiger charge is 1.77. The maximum Gasteiger partial charge on any atom is 0.217 e. The summed E-state index contributed by atoms with van der Waals surface area (Å²) in [5.74, 6) is -0.245. The molecule has 3 heteroatoms. The van der Waals surface area contributed by atoms with Gasteiger partial charge in [0.2, 0.25) is 5.91 Å². The van der Waals surface area contributed by atoms with E-state index in [0.29, 0.717) is 6.42 Å². The van der Waals surface area contributed by atoms with Gasteiger partial charge in [-0.3, -0.25) is 4.79 Å². The van der Waals surface area contributed by atoms with Crippen molar-refractivity contribution in [3.63, 3.8) is 0 Å². The number of nitrogens with two attached hydrogens (primary N) is 1. The summed E-state index contributed by atoms with van der Waals surface area (Å²) in [6, 6.07) is 9.44. The van der Waals surface area contributed by atoms with E-state index in [0.717, 1.165) is 5.02 Å². The second kappa shape index (κ2) is 6.68. The molecular formula is C9H12ClNO. The summed E-state index contributed by atoms with van der Waals surface area (Å²) in [6.45, 7) is 1.72. The highest BCUT2D eigenvalue weighted by atomic mass is 35.5. The van der Waals surface area contributed by atoms with Gasteiger partial charge in [-0.15, -0.1) is 0 Å². The topological polar surface area (TPSA) is 43.1 Å². The molecule has 0 unspecified atom stereocenters. The SMILES string of the molecule is CCC(N)=O.Clc1ccccc1. The molecule has 0 aliphatic rings. The number of halogens is 1. The smallest absolute Gasteiger partial charge is 0.217 e. The summed E-state index contributed by atoms with van der Waals surface area (Å²) in [7, 11) is 0. The minimum atomic E-state index is -0.245. The van der Waals surface area contributed by atoms with Crippen LogP contribution in [-0.2, 0) is 4.79 Å². The highest BCUT2D eigenvalue weighted by Crippen LogP contribution is 2.03. The second-order valence-corrected chi connectivity index (χ2v) is 2.55. The van der Waals surface area contributed by atoms with Crippen molar-refractivity contribution in [2.45, 2.75) is 13.3 Å². The van der Waals surface area contributed by atoms with E-state index < -0.39 is 0 Å². The minimum Gasteiger partial charge on any atom is -0.370 e. The number of benzene rings is 1. The lowest BCUT2D eigenvalue weighted by atomic mass is 10.4. The van der Waals surface area contributed by atoms with Gasteiger partial charge in [-0.05, 0) is 12.1 Å². The zero-order valence-electron chi connectivity index (χ0n) is 6.96. The van der Waals surface area contributed by atoms with E-state index in [1.54, 1.807) is 6.92 Å². The van der Waals surface area contributed by atoms with Gasteiger partial charge in [-0.2, -0.15) is 0 Å². The van der Waals surface area contributed by atoms with Crippen LogP contribution in [0.4, 0.5) is 0 Å². The van der Waals surface area contributed by atoms with Gasteiger partial charge in [-0.1, -0.05) is 36.7 Å². The minimum absolute atomic E-state index is 0.245. The number of primary amides is 1. The third-order valence-electron chi connectivity index (χ3n) is 1.08. The summed E-state index contributed by atoms with van der Waals surface area (Å²) in [5, 5.41) is 0.794. The van der Waals surface area contributed by atoms with Crippen molar-refractivity contribution in [3.05, 3.63) is 35.4 Å². The van der Waals surface area contributed by atoms with E-state index in [1.807, 2.05) is 30.3 Å². The van der Waals surface area contributed by atoms with Crippen LogP contribution in [0.3, 0.4) is 0 Å². The van der Waals surface area contributed by atoms with Crippen molar-refractivity contribution in [2.75, 3.05) is 0 Å². The number of amides is 1. The molecule has 0 spiro atoms. The summed E-state index contributed by atoms with van der Waals surface area (Å²) in [6.07, 6.45) is 0.444. The van der Waals surface area contributed by atoms with Crippen LogP contribution in [0.1, 0.15) is 13.3 Å². The third kappa shape index (κ3) is 7.09. The Balaban J connectivity index is 0.000000217. The van der Waals surface area contributed by atoms with E-state index in [1.165, 1.54) is 0 Å². The molecule has 66 valence electrons. The molecule has 1 amide bonds. The first-order valence-corrected chi connectivity index (χ1v) is 4.03. The highest BCUT2D eigenvalue weighted by molar-refractivity contribution is 6.30. The van der Waals surface area contributed by atoms with Gasteiger partial charge in [0.1, 0.15) is 0 Å². The lowest BCUT2D eigenvalue weighted by Gasteiger charge is -1.80. The zero-order valence-corrected chi connectivity index (χ0v) is 7.71. The maximum absolute atomic E-state index is 9.59. The second-order valence-electron chi connectivity index (χ2n) is 2.12. The fraction of sp³-hybridized carbons (Fsp3) is 0.222. The molecule has 2 N–H and O–H groups in total. The largest absolute Gasteiger partial charge is 0.370 e. The quantitative estimate of drug-likeness (QED) is 0.717. The summed E-state index contributed by atoms with van der Waals surface area (Å²) in [5.41, 5.74) is 4.65. The standard InChI is InChI=1S/C6H5Cl.C3H7NO/c7-6-4-2-1-3-5-6;1-2-3(4)5/h1-5H;2H2,1H3,(H2,4,5). The molecule has 1 rings (SSSR count). The third-order valence-corrected chi connectivity index (χ3v) is 1.33. The average Bonchev–Trinajstić information content (AvgIpc) is 2.07. The average molecular weight is 186 g/mol.